The molecule has 1 amide bonds. The molecule has 1 aromatic carbocycles. The van der Waals surface area contributed by atoms with Gasteiger partial charge in [0.15, 0.2) is 0 Å². The summed E-state index contributed by atoms with van der Waals surface area (Å²) in [4.78, 5) is 24.9. The number of benzene rings is 1. The topological polar surface area (TPSA) is 69.6 Å². The Morgan fingerprint density at radius 3 is 2.60 bits per heavy atom. The number of nitrogens with zero attached hydrogens (tertiary/aromatic N) is 1. The second kappa shape index (κ2) is 6.52. The molecule has 0 radical (unpaired) electrons. The van der Waals surface area contributed by atoms with Crippen LogP contribution in [0.25, 0.3) is 0 Å². The van der Waals surface area contributed by atoms with Crippen molar-refractivity contribution in [3.63, 3.8) is 0 Å². The molecule has 0 saturated carbocycles. The lowest BCUT2D eigenvalue weighted by atomic mass is 9.99. The predicted molar refractivity (Wildman–Crippen MR) is 76.4 cm³/mol. The molecule has 0 bridgehead atoms. The molecule has 2 rings (SSSR count). The van der Waals surface area contributed by atoms with Gasteiger partial charge in [-0.2, -0.15) is 0 Å². The average molecular weight is 276 g/mol. The maximum atomic E-state index is 11.8. The van der Waals surface area contributed by atoms with Crippen LogP contribution in [0.3, 0.4) is 0 Å². The molecule has 2 unspecified atom stereocenters. The van der Waals surface area contributed by atoms with Crippen molar-refractivity contribution >= 4 is 17.6 Å². The van der Waals surface area contributed by atoms with Crippen LogP contribution in [-0.4, -0.2) is 41.5 Å². The zero-order chi connectivity index (χ0) is 14.5. The number of nitrogens with one attached hydrogen (secondary N) is 1. The Labute approximate surface area is 118 Å². The van der Waals surface area contributed by atoms with E-state index in [-0.39, 0.29) is 17.7 Å². The van der Waals surface area contributed by atoms with E-state index in [0.29, 0.717) is 19.5 Å². The van der Waals surface area contributed by atoms with E-state index < -0.39 is 5.97 Å². The van der Waals surface area contributed by atoms with Crippen LogP contribution in [0.2, 0.25) is 0 Å². The third-order valence-electron chi connectivity index (χ3n) is 3.72. The van der Waals surface area contributed by atoms with E-state index in [4.69, 9.17) is 5.11 Å². The van der Waals surface area contributed by atoms with Crippen molar-refractivity contribution in [1.29, 1.82) is 0 Å². The number of hydrogen-bond donors (Lipinski definition) is 2. The fourth-order valence-electron chi connectivity index (χ4n) is 2.58. The number of amides is 1. The summed E-state index contributed by atoms with van der Waals surface area (Å²) in [6, 6.07) is 9.32. The summed E-state index contributed by atoms with van der Waals surface area (Å²) >= 11 is 0. The summed E-state index contributed by atoms with van der Waals surface area (Å²) in [7, 11) is 0. The molecule has 5 nitrogen and oxygen atoms in total. The maximum absolute atomic E-state index is 11.8. The molecule has 2 atom stereocenters. The molecule has 20 heavy (non-hydrogen) atoms. The van der Waals surface area contributed by atoms with Gasteiger partial charge in [-0.1, -0.05) is 25.1 Å². The maximum Gasteiger partial charge on any atom is 0.308 e. The molecule has 0 aliphatic carbocycles. The van der Waals surface area contributed by atoms with Gasteiger partial charge in [-0.3, -0.25) is 9.59 Å². The largest absolute Gasteiger partial charge is 0.481 e. The van der Waals surface area contributed by atoms with Crippen LogP contribution in [0.15, 0.2) is 30.3 Å². The molecular weight excluding hydrogens is 256 g/mol. The molecule has 1 aliphatic heterocycles. The van der Waals surface area contributed by atoms with Crippen molar-refractivity contribution in [2.24, 2.45) is 11.8 Å². The zero-order valence-electron chi connectivity index (χ0n) is 11.6. The van der Waals surface area contributed by atoms with Gasteiger partial charge in [0, 0.05) is 31.7 Å². The minimum atomic E-state index is -0.742. The van der Waals surface area contributed by atoms with Crippen molar-refractivity contribution in [2.75, 3.05) is 25.0 Å². The quantitative estimate of drug-likeness (QED) is 0.858. The Hall–Kier alpha value is -1.88. The Morgan fingerprint density at radius 1 is 1.30 bits per heavy atom. The number of carboxylic acids is 1. The summed E-state index contributed by atoms with van der Waals surface area (Å²) in [5.74, 6) is -0.951. The Kier molecular flexibility index (Phi) is 4.74. The zero-order valence-corrected chi connectivity index (χ0v) is 11.6. The molecule has 0 spiro atoms. The molecule has 1 aromatic rings. The van der Waals surface area contributed by atoms with E-state index in [9.17, 15) is 9.59 Å². The van der Waals surface area contributed by atoms with Crippen LogP contribution in [0, 0.1) is 11.8 Å². The summed E-state index contributed by atoms with van der Waals surface area (Å²) in [6.45, 7) is 3.83. The van der Waals surface area contributed by atoms with Crippen LogP contribution in [0.5, 0.6) is 0 Å². The van der Waals surface area contributed by atoms with Crippen LogP contribution in [-0.2, 0) is 9.59 Å². The lowest BCUT2D eigenvalue weighted by Crippen LogP contribution is -2.27. The van der Waals surface area contributed by atoms with Gasteiger partial charge in [0.2, 0.25) is 5.91 Å². The first-order chi connectivity index (χ1) is 9.56. The smallest absolute Gasteiger partial charge is 0.308 e. The van der Waals surface area contributed by atoms with E-state index >= 15 is 0 Å². The van der Waals surface area contributed by atoms with Crippen LogP contribution < -0.4 is 5.32 Å². The van der Waals surface area contributed by atoms with Crippen LogP contribution in [0.1, 0.15) is 13.3 Å². The molecule has 1 saturated heterocycles. The normalized spacial score (nSPS) is 22.6. The molecule has 0 aromatic heterocycles. The Morgan fingerprint density at radius 2 is 2.00 bits per heavy atom. The van der Waals surface area contributed by atoms with Crippen LogP contribution in [0.4, 0.5) is 5.69 Å². The van der Waals surface area contributed by atoms with Gasteiger partial charge in [0.25, 0.3) is 0 Å². The lowest BCUT2D eigenvalue weighted by Gasteiger charge is -2.14. The number of carboxylic acid groups (broad SMARTS) is 1. The number of anilines is 1. The molecule has 1 heterocycles. The highest BCUT2D eigenvalue weighted by Crippen LogP contribution is 2.23. The Balaban J connectivity index is 1.76. The number of aliphatic carboxylic acids is 1. The van der Waals surface area contributed by atoms with Gasteiger partial charge in [-0.15, -0.1) is 0 Å². The standard InChI is InChI=1S/C15H20N2O3/c1-11-9-17(10-13(11)15(19)20)8-7-14(18)16-12-5-3-2-4-6-12/h2-6,11,13H,7-10H2,1H3,(H,16,18)(H,19,20). The summed E-state index contributed by atoms with van der Waals surface area (Å²) < 4.78 is 0. The molecule has 1 aliphatic rings. The molecule has 108 valence electrons. The van der Waals surface area contributed by atoms with E-state index in [1.807, 2.05) is 42.2 Å². The highest BCUT2D eigenvalue weighted by molar-refractivity contribution is 5.90. The average Bonchev–Trinajstić information content (AvgIpc) is 2.79. The molecular formula is C15H20N2O3. The Bertz CT molecular complexity index is 475. The van der Waals surface area contributed by atoms with Crippen molar-refractivity contribution in [1.82, 2.24) is 4.90 Å². The van der Waals surface area contributed by atoms with Crippen molar-refractivity contribution in [3.05, 3.63) is 30.3 Å². The fourth-order valence-corrected chi connectivity index (χ4v) is 2.58. The molecule has 5 heteroatoms. The van der Waals surface area contributed by atoms with E-state index in [0.717, 1.165) is 12.2 Å². The van der Waals surface area contributed by atoms with Crippen LogP contribution >= 0.6 is 0 Å². The molecule has 2 N–H and O–H groups in total. The van der Waals surface area contributed by atoms with E-state index in [1.54, 1.807) is 0 Å². The number of para-hydroxylation sites is 1. The number of likely N-dealkylation sites (tertiary alicyclic amines) is 1. The first kappa shape index (κ1) is 14.5. The minimum absolute atomic E-state index is 0.0392. The summed E-state index contributed by atoms with van der Waals surface area (Å²) in [5.41, 5.74) is 0.788. The molecule has 1 fully saturated rings. The van der Waals surface area contributed by atoms with E-state index in [2.05, 4.69) is 5.32 Å². The minimum Gasteiger partial charge on any atom is -0.481 e. The third-order valence-corrected chi connectivity index (χ3v) is 3.72. The van der Waals surface area contributed by atoms with Gasteiger partial charge >= 0.3 is 5.97 Å². The number of rotatable bonds is 5. The summed E-state index contributed by atoms with van der Waals surface area (Å²) in [5, 5.41) is 11.9. The van der Waals surface area contributed by atoms with Crippen molar-refractivity contribution < 1.29 is 14.7 Å². The lowest BCUT2D eigenvalue weighted by molar-refractivity contribution is -0.142. The second-order valence-electron chi connectivity index (χ2n) is 5.35. The monoisotopic (exact) mass is 276 g/mol. The summed E-state index contributed by atoms with van der Waals surface area (Å²) in [6.07, 6.45) is 0.383. The fraction of sp³-hybridized carbons (Fsp3) is 0.467. The number of carbonyl (C=O) groups is 2. The van der Waals surface area contributed by atoms with Gasteiger partial charge in [-0.05, 0) is 18.1 Å². The van der Waals surface area contributed by atoms with Gasteiger partial charge in [0.1, 0.15) is 0 Å². The first-order valence-corrected chi connectivity index (χ1v) is 6.86. The van der Waals surface area contributed by atoms with Gasteiger partial charge in [-0.25, -0.2) is 0 Å². The SMILES string of the molecule is CC1CN(CCC(=O)Nc2ccccc2)CC1C(=O)O. The third kappa shape index (κ3) is 3.81. The number of carbonyl (C=O) groups excluding carboxylic acids is 1. The van der Waals surface area contributed by atoms with Crippen molar-refractivity contribution in [2.45, 2.75) is 13.3 Å². The predicted octanol–water partition coefficient (Wildman–Crippen LogP) is 1.67. The van der Waals surface area contributed by atoms with Gasteiger partial charge in [0.05, 0.1) is 5.92 Å². The highest BCUT2D eigenvalue weighted by Gasteiger charge is 2.34. The highest BCUT2D eigenvalue weighted by atomic mass is 16.4. The number of hydrogen-bond acceptors (Lipinski definition) is 3. The van der Waals surface area contributed by atoms with E-state index in [1.165, 1.54) is 0 Å². The first-order valence-electron chi connectivity index (χ1n) is 6.86. The second-order valence-corrected chi connectivity index (χ2v) is 5.35. The van der Waals surface area contributed by atoms with Gasteiger partial charge < -0.3 is 15.3 Å². The van der Waals surface area contributed by atoms with Crippen molar-refractivity contribution in [3.8, 4) is 0 Å².